The lowest BCUT2D eigenvalue weighted by molar-refractivity contribution is -0.160. The summed E-state index contributed by atoms with van der Waals surface area (Å²) in [5, 5.41) is 0.588. The van der Waals surface area contributed by atoms with Crippen LogP contribution in [-0.2, 0) is 33.9 Å². The number of carbonyl (C=O) groups is 4. The molecule has 1 aromatic heterocycles. The Morgan fingerprint density at radius 1 is 1.10 bits per heavy atom. The lowest BCUT2D eigenvalue weighted by Crippen LogP contribution is -2.48. The molecule has 2 aliphatic carbocycles. The van der Waals surface area contributed by atoms with Gasteiger partial charge in [0.25, 0.3) is 0 Å². The number of ketones is 1. The Hall–Kier alpha value is -4.34. The molecule has 0 unspecified atom stereocenters. The Morgan fingerprint density at radius 3 is 2.47 bits per heavy atom. The third-order valence-electron chi connectivity index (χ3n) is 12.2. The molecule has 6 rings (SSSR count). The maximum atomic E-state index is 15.0. The van der Waals surface area contributed by atoms with Gasteiger partial charge in [-0.1, -0.05) is 26.0 Å². The number of nitrogens with zero attached hydrogens (tertiary/aromatic N) is 4. The molecule has 2 aliphatic heterocycles. The first-order valence-electron chi connectivity index (χ1n) is 20.3. The fourth-order valence-corrected chi connectivity index (χ4v) is 9.89. The van der Waals surface area contributed by atoms with Gasteiger partial charge in [-0.15, -0.1) is 0 Å². The number of nitrogens with one attached hydrogen (secondary N) is 1. The first kappa shape index (κ1) is 43.2. The molecule has 1 N–H and O–H groups in total. The summed E-state index contributed by atoms with van der Waals surface area (Å²) >= 11 is 0. The molecule has 7 atom stereocenters. The summed E-state index contributed by atoms with van der Waals surface area (Å²) in [5.41, 5.74) is -1.63. The van der Waals surface area contributed by atoms with Gasteiger partial charge in [0.1, 0.15) is 28.9 Å². The zero-order chi connectivity index (χ0) is 42.4. The minimum atomic E-state index is -4.35. The fraction of sp³-hybridized carbons (Fsp3) is 0.667. The minimum absolute atomic E-state index is 0.0167. The van der Waals surface area contributed by atoms with Crippen LogP contribution in [0.1, 0.15) is 92.4 Å². The van der Waals surface area contributed by atoms with Crippen molar-refractivity contribution in [2.45, 2.75) is 115 Å². The number of halogens is 1. The van der Waals surface area contributed by atoms with Crippen LogP contribution in [0.4, 0.5) is 10.3 Å². The molecule has 3 heterocycles. The van der Waals surface area contributed by atoms with Crippen LogP contribution in [-0.4, -0.2) is 104 Å². The molecule has 58 heavy (non-hydrogen) atoms. The van der Waals surface area contributed by atoms with Crippen molar-refractivity contribution in [3.63, 3.8) is 0 Å². The van der Waals surface area contributed by atoms with E-state index in [4.69, 9.17) is 14.2 Å². The molecule has 16 heteroatoms. The van der Waals surface area contributed by atoms with Gasteiger partial charge in [0.15, 0.2) is 5.78 Å². The lowest BCUT2D eigenvalue weighted by atomic mass is 9.82. The van der Waals surface area contributed by atoms with Crippen molar-refractivity contribution in [2.75, 3.05) is 39.3 Å². The van der Waals surface area contributed by atoms with E-state index in [0.29, 0.717) is 35.4 Å². The number of esters is 1. The number of methoxy groups -OCH3 is 1. The summed E-state index contributed by atoms with van der Waals surface area (Å²) in [6.07, 6.45) is 5.10. The maximum Gasteiger partial charge on any atom is 0.307 e. The highest BCUT2D eigenvalue weighted by Crippen LogP contribution is 2.58. The molecule has 1 aromatic carbocycles. The number of sulfonamides is 1. The van der Waals surface area contributed by atoms with Crippen molar-refractivity contribution in [3.8, 4) is 11.6 Å². The minimum Gasteiger partial charge on any atom is -0.497 e. The third-order valence-corrected chi connectivity index (χ3v) is 14.3. The van der Waals surface area contributed by atoms with E-state index in [0.717, 1.165) is 6.42 Å². The molecule has 0 radical (unpaired) electrons. The largest absolute Gasteiger partial charge is 0.497 e. The molecule has 1 saturated heterocycles. The van der Waals surface area contributed by atoms with Crippen LogP contribution in [0.5, 0.6) is 11.6 Å². The van der Waals surface area contributed by atoms with Crippen LogP contribution in [0.15, 0.2) is 30.4 Å². The Labute approximate surface area is 340 Å². The van der Waals surface area contributed by atoms with Crippen molar-refractivity contribution in [2.24, 2.45) is 29.1 Å². The van der Waals surface area contributed by atoms with Crippen LogP contribution < -0.4 is 19.1 Å². The second kappa shape index (κ2) is 16.4. The molecule has 3 fully saturated rings. The van der Waals surface area contributed by atoms with Crippen LogP contribution >= 0.6 is 0 Å². The highest BCUT2D eigenvalue weighted by atomic mass is 32.2. The number of Topliss-reactive ketones (excluding diaryl/α,β-unsaturated/α-hetero) is 1. The van der Waals surface area contributed by atoms with Crippen molar-refractivity contribution in [1.29, 1.82) is 0 Å². The molecular formula is C42H58FN5O9S. The molecule has 14 nitrogen and oxygen atoms in total. The molecule has 0 bridgehead atoms. The number of ether oxygens (including phenoxy) is 3. The Kier molecular flexibility index (Phi) is 12.2. The summed E-state index contributed by atoms with van der Waals surface area (Å²) in [7, 11) is 0.788. The SMILES string of the molecule is COc1ccc2c(O[C@@H]3C[C@H]4C(=O)C[C@]5(C(=O)NS(=O)(=O)C6(CF)CC6)C[C@H]5/C=C\CC[C@@H](C)C[C@@H](C)[C@H](CC(=O)OC(C)(C)C)C(=O)N4C3)nc(N(C)C)nc2c1. The molecule has 0 spiro atoms. The van der Waals surface area contributed by atoms with E-state index < -0.39 is 80.0 Å². The molecule has 2 aromatic rings. The molecule has 2 amide bonds. The monoisotopic (exact) mass is 827 g/mol. The van der Waals surface area contributed by atoms with E-state index in [-0.39, 0.29) is 62.8 Å². The van der Waals surface area contributed by atoms with Crippen molar-refractivity contribution in [3.05, 3.63) is 30.4 Å². The standard InChI is InChI=1S/C42H58FN5O9S/c1-25-11-9-10-12-27-21-42(27,38(52)46-58(53,54)41(24-43)15-16-41)22-34(49)33-19-29(23-48(33)37(51)31(26(2)17-25)20-35(50)57-40(3,4)5)56-36-30-14-13-28(55-8)18-32(30)44-39(45-36)47(6)7/h10,12-14,18,25-27,29,31,33H,9,11,15-17,19-24H2,1-8H3,(H,46,52)/b12-10-/t25-,26-,27-,29-,31+,33+,42-/m1/s1. The summed E-state index contributed by atoms with van der Waals surface area (Å²) in [6.45, 7) is 8.19. The average Bonchev–Trinajstić information content (AvgIpc) is 4.05. The number of hydrogen-bond acceptors (Lipinski definition) is 12. The quantitative estimate of drug-likeness (QED) is 0.241. The van der Waals surface area contributed by atoms with E-state index in [1.807, 2.05) is 19.1 Å². The number of allylic oxidation sites excluding steroid dienone is 2. The first-order valence-corrected chi connectivity index (χ1v) is 21.7. The van der Waals surface area contributed by atoms with Gasteiger partial charge in [0.05, 0.1) is 48.4 Å². The smallest absolute Gasteiger partial charge is 0.307 e. The zero-order valence-electron chi connectivity index (χ0n) is 34.9. The van der Waals surface area contributed by atoms with E-state index in [9.17, 15) is 32.0 Å². The maximum absolute atomic E-state index is 15.0. The van der Waals surface area contributed by atoms with Crippen LogP contribution in [0, 0.1) is 29.1 Å². The van der Waals surface area contributed by atoms with Gasteiger partial charge in [-0.2, -0.15) is 4.98 Å². The van der Waals surface area contributed by atoms with Gasteiger partial charge in [-0.05, 0) is 89.2 Å². The molecular weight excluding hydrogens is 770 g/mol. The normalized spacial score (nSPS) is 29.3. The summed E-state index contributed by atoms with van der Waals surface area (Å²) < 4.78 is 58.6. The second-order valence-electron chi connectivity index (χ2n) is 18.2. The average molecular weight is 828 g/mol. The summed E-state index contributed by atoms with van der Waals surface area (Å²) in [6, 6.07) is 4.23. The van der Waals surface area contributed by atoms with E-state index in [2.05, 4.69) is 21.6 Å². The molecule has 4 aliphatic rings. The fourth-order valence-electron chi connectivity index (χ4n) is 8.45. The van der Waals surface area contributed by atoms with Crippen LogP contribution in [0.3, 0.4) is 0 Å². The Bertz CT molecular complexity index is 2070. The van der Waals surface area contributed by atoms with Gasteiger partial charge in [0, 0.05) is 33.0 Å². The number of alkyl halides is 1. The molecule has 318 valence electrons. The van der Waals surface area contributed by atoms with Crippen molar-refractivity contribution >= 4 is 50.4 Å². The lowest BCUT2D eigenvalue weighted by Gasteiger charge is -2.32. The van der Waals surface area contributed by atoms with Gasteiger partial charge < -0.3 is 24.0 Å². The second-order valence-corrected chi connectivity index (χ2v) is 20.2. The first-order chi connectivity index (χ1) is 27.2. The van der Waals surface area contributed by atoms with Gasteiger partial charge >= 0.3 is 5.97 Å². The Morgan fingerprint density at radius 2 is 1.83 bits per heavy atom. The van der Waals surface area contributed by atoms with Crippen LogP contribution in [0.25, 0.3) is 10.9 Å². The van der Waals surface area contributed by atoms with Gasteiger partial charge in [-0.3, -0.25) is 23.9 Å². The number of aromatic nitrogens is 2. The topological polar surface area (TPSA) is 174 Å². The highest BCUT2D eigenvalue weighted by molar-refractivity contribution is 7.91. The third kappa shape index (κ3) is 9.11. The molecule has 2 saturated carbocycles. The van der Waals surface area contributed by atoms with Crippen LogP contribution in [0.2, 0.25) is 0 Å². The number of anilines is 1. The van der Waals surface area contributed by atoms with Gasteiger partial charge in [0.2, 0.25) is 33.7 Å². The number of amides is 2. The van der Waals surface area contributed by atoms with E-state index >= 15 is 0 Å². The highest BCUT2D eigenvalue weighted by Gasteiger charge is 2.63. The van der Waals surface area contributed by atoms with E-state index in [1.165, 1.54) is 4.90 Å². The van der Waals surface area contributed by atoms with Gasteiger partial charge in [-0.25, -0.2) is 17.8 Å². The number of rotatable bonds is 10. The van der Waals surface area contributed by atoms with Crippen molar-refractivity contribution < 1.29 is 46.2 Å². The van der Waals surface area contributed by atoms with Crippen molar-refractivity contribution in [1.82, 2.24) is 19.6 Å². The van der Waals surface area contributed by atoms with E-state index in [1.54, 1.807) is 65.1 Å². The number of benzene rings is 1. The summed E-state index contributed by atoms with van der Waals surface area (Å²) in [4.78, 5) is 69.6. The number of carbonyl (C=O) groups excluding carboxylic acids is 4. The number of fused-ring (bicyclic) bond motifs is 3. The predicted molar refractivity (Wildman–Crippen MR) is 215 cm³/mol. The predicted octanol–water partition coefficient (Wildman–Crippen LogP) is 5.33. The Balaban J connectivity index is 1.37. The summed E-state index contributed by atoms with van der Waals surface area (Å²) in [5.74, 6) is -2.37. The number of hydrogen-bond donors (Lipinski definition) is 1. The zero-order valence-corrected chi connectivity index (χ0v) is 35.7.